The van der Waals surface area contributed by atoms with Crippen molar-refractivity contribution in [3.8, 4) is 0 Å². The van der Waals surface area contributed by atoms with Crippen LogP contribution < -0.4 is 0 Å². The normalized spacial score (nSPS) is 12.9. The quantitative estimate of drug-likeness (QED) is 0.0301. The second-order valence-electron chi connectivity index (χ2n) is 14.6. The van der Waals surface area contributed by atoms with Crippen LogP contribution in [0.15, 0.2) is 0 Å². The first-order valence-electron chi connectivity index (χ1n) is 19.7. The molecular formula is C39H76NO8+. The third kappa shape index (κ3) is 32.8. The summed E-state index contributed by atoms with van der Waals surface area (Å²) in [7, 11) is 5.95. The maximum Gasteiger partial charge on any atom is 0.361 e. The highest BCUT2D eigenvalue weighted by molar-refractivity contribution is 5.71. The van der Waals surface area contributed by atoms with Crippen LogP contribution in [0, 0.1) is 0 Å². The molecule has 2 unspecified atom stereocenters. The third-order valence-electron chi connectivity index (χ3n) is 8.61. The molecule has 0 saturated carbocycles. The van der Waals surface area contributed by atoms with E-state index in [2.05, 4.69) is 13.8 Å². The molecule has 0 aromatic heterocycles. The summed E-state index contributed by atoms with van der Waals surface area (Å²) in [5.74, 6) is -2.00. The van der Waals surface area contributed by atoms with Gasteiger partial charge in [-0.15, -0.1) is 0 Å². The Hall–Kier alpha value is -1.71. The number of unbranched alkanes of at least 4 members (excludes halogenated alkanes) is 21. The monoisotopic (exact) mass is 687 g/mol. The minimum Gasteiger partial charge on any atom is -0.477 e. The van der Waals surface area contributed by atoms with Gasteiger partial charge in [-0.2, -0.15) is 0 Å². The van der Waals surface area contributed by atoms with E-state index in [0.29, 0.717) is 17.4 Å². The lowest BCUT2D eigenvalue weighted by Crippen LogP contribution is -2.40. The van der Waals surface area contributed by atoms with Crippen LogP contribution in [0.3, 0.4) is 0 Å². The molecule has 0 bridgehead atoms. The maximum absolute atomic E-state index is 12.7. The smallest absolute Gasteiger partial charge is 0.361 e. The van der Waals surface area contributed by atoms with Crippen LogP contribution in [-0.4, -0.2) is 87.4 Å². The number of ether oxygens (including phenoxy) is 4. The van der Waals surface area contributed by atoms with Crippen LogP contribution in [0.2, 0.25) is 0 Å². The Morgan fingerprint density at radius 1 is 0.542 bits per heavy atom. The van der Waals surface area contributed by atoms with Gasteiger partial charge in [0.2, 0.25) is 0 Å². The Morgan fingerprint density at radius 3 is 1.33 bits per heavy atom. The summed E-state index contributed by atoms with van der Waals surface area (Å²) in [4.78, 5) is 36.7. The molecule has 0 rings (SSSR count). The van der Waals surface area contributed by atoms with Crippen LogP contribution in [0.5, 0.6) is 0 Å². The summed E-state index contributed by atoms with van der Waals surface area (Å²) in [6, 6.07) is 0. The first-order chi connectivity index (χ1) is 23.1. The lowest BCUT2D eigenvalue weighted by molar-refractivity contribution is -0.870. The zero-order chi connectivity index (χ0) is 35.7. The Kier molecular flexibility index (Phi) is 31.3. The number of nitrogens with zero attached hydrogens (tertiary/aromatic N) is 1. The van der Waals surface area contributed by atoms with E-state index in [1.807, 2.05) is 21.1 Å². The number of hydrogen-bond donors (Lipinski definition) is 1. The molecule has 0 aliphatic rings. The zero-order valence-electron chi connectivity index (χ0n) is 31.9. The minimum absolute atomic E-state index is 0.175. The lowest BCUT2D eigenvalue weighted by atomic mass is 10.0. The number of hydrogen-bond acceptors (Lipinski definition) is 7. The third-order valence-corrected chi connectivity index (χ3v) is 8.61. The molecule has 0 fully saturated rings. The molecule has 9 nitrogen and oxygen atoms in total. The molecule has 9 heteroatoms. The first-order valence-corrected chi connectivity index (χ1v) is 19.7. The van der Waals surface area contributed by atoms with Gasteiger partial charge < -0.3 is 28.5 Å². The molecule has 0 amide bonds. The molecule has 0 aromatic rings. The van der Waals surface area contributed by atoms with Gasteiger partial charge in [0, 0.05) is 12.8 Å². The number of likely N-dealkylation sites (N-methyl/N-ethyl adjacent to an activating group) is 1. The molecule has 0 aliphatic carbocycles. The number of quaternary nitrogens is 1. The predicted molar refractivity (Wildman–Crippen MR) is 194 cm³/mol. The molecule has 0 aromatic carbocycles. The van der Waals surface area contributed by atoms with E-state index >= 15 is 0 Å². The Morgan fingerprint density at radius 2 is 0.938 bits per heavy atom. The predicted octanol–water partition coefficient (Wildman–Crippen LogP) is 9.38. The Labute approximate surface area is 294 Å². The molecule has 48 heavy (non-hydrogen) atoms. The highest BCUT2D eigenvalue weighted by Gasteiger charge is 2.25. The van der Waals surface area contributed by atoms with Gasteiger partial charge in [-0.05, 0) is 12.8 Å². The van der Waals surface area contributed by atoms with Crippen molar-refractivity contribution in [1.82, 2.24) is 0 Å². The number of rotatable bonds is 36. The van der Waals surface area contributed by atoms with Gasteiger partial charge in [0.25, 0.3) is 6.29 Å². The van der Waals surface area contributed by atoms with Gasteiger partial charge in [-0.3, -0.25) is 9.59 Å². The van der Waals surface area contributed by atoms with Crippen molar-refractivity contribution < 1.29 is 42.9 Å². The summed E-state index contributed by atoms with van der Waals surface area (Å²) < 4.78 is 22.6. The van der Waals surface area contributed by atoms with Gasteiger partial charge in [0.15, 0.2) is 6.10 Å². The number of carbonyl (C=O) groups excluding carboxylic acids is 2. The van der Waals surface area contributed by atoms with Gasteiger partial charge >= 0.3 is 17.9 Å². The highest BCUT2D eigenvalue weighted by Crippen LogP contribution is 2.15. The number of aliphatic carboxylic acids is 1. The average Bonchev–Trinajstić information content (AvgIpc) is 3.03. The summed E-state index contributed by atoms with van der Waals surface area (Å²) in [5.41, 5.74) is 0. The molecule has 0 spiro atoms. The molecule has 0 heterocycles. The number of esters is 2. The topological polar surface area (TPSA) is 108 Å². The zero-order valence-corrected chi connectivity index (χ0v) is 31.9. The van der Waals surface area contributed by atoms with Gasteiger partial charge in [0.05, 0.1) is 34.4 Å². The molecule has 1 N–H and O–H groups in total. The van der Waals surface area contributed by atoms with E-state index in [9.17, 15) is 19.5 Å². The number of carboxylic acid groups (broad SMARTS) is 1. The number of carboxylic acids is 1. The van der Waals surface area contributed by atoms with Crippen LogP contribution >= 0.6 is 0 Å². The lowest BCUT2D eigenvalue weighted by Gasteiger charge is -2.25. The largest absolute Gasteiger partial charge is 0.477 e. The molecule has 2 atom stereocenters. The van der Waals surface area contributed by atoms with Crippen molar-refractivity contribution in [2.24, 2.45) is 0 Å². The standard InChI is InChI=1S/C39H75NO8/c1-6-8-10-12-14-15-16-17-18-19-20-21-22-24-26-28-30-37(42)48-35(33-46-36(41)29-27-25-23-13-11-9-7-2)34-47-39(38(43)44)45-32-31-40(3,4)5/h35,39H,6-34H2,1-5H3/p+1. The SMILES string of the molecule is CCCCCCCCCCCCCCCCCCC(=O)OC(COC(=O)CCCCCCCCC)COC(OCC[N+](C)(C)C)C(=O)O. The fourth-order valence-electron chi connectivity index (χ4n) is 5.48. The van der Waals surface area contributed by atoms with Crippen molar-refractivity contribution in [3.05, 3.63) is 0 Å². The van der Waals surface area contributed by atoms with E-state index in [1.54, 1.807) is 0 Å². The maximum atomic E-state index is 12.7. The van der Waals surface area contributed by atoms with Crippen LogP contribution in [-0.2, 0) is 33.3 Å². The fraction of sp³-hybridized carbons (Fsp3) is 0.923. The van der Waals surface area contributed by atoms with Crippen LogP contribution in [0.4, 0.5) is 0 Å². The Balaban J connectivity index is 4.41. The van der Waals surface area contributed by atoms with Crippen LogP contribution in [0.25, 0.3) is 0 Å². The molecule has 0 aliphatic heterocycles. The van der Waals surface area contributed by atoms with Gasteiger partial charge in [0.1, 0.15) is 13.2 Å². The van der Waals surface area contributed by atoms with Crippen molar-refractivity contribution in [3.63, 3.8) is 0 Å². The van der Waals surface area contributed by atoms with Gasteiger partial charge in [-0.1, -0.05) is 149 Å². The van der Waals surface area contributed by atoms with Crippen LogP contribution in [0.1, 0.15) is 174 Å². The van der Waals surface area contributed by atoms with Crippen molar-refractivity contribution >= 4 is 17.9 Å². The van der Waals surface area contributed by atoms with E-state index in [4.69, 9.17) is 18.9 Å². The summed E-state index contributed by atoms with van der Waals surface area (Å²) in [5, 5.41) is 9.56. The van der Waals surface area contributed by atoms with E-state index in [1.165, 1.54) is 109 Å². The second-order valence-corrected chi connectivity index (χ2v) is 14.6. The number of carbonyl (C=O) groups is 3. The molecule has 0 radical (unpaired) electrons. The average molecular weight is 687 g/mol. The van der Waals surface area contributed by atoms with Gasteiger partial charge in [-0.25, -0.2) is 4.79 Å². The van der Waals surface area contributed by atoms with Crippen molar-refractivity contribution in [1.29, 1.82) is 0 Å². The highest BCUT2D eigenvalue weighted by atomic mass is 16.7. The van der Waals surface area contributed by atoms with E-state index in [0.717, 1.165) is 38.5 Å². The molecule has 0 saturated heterocycles. The summed E-state index contributed by atoms with van der Waals surface area (Å²) in [6.45, 7) is 4.83. The Bertz CT molecular complexity index is 770. The van der Waals surface area contributed by atoms with Crippen molar-refractivity contribution in [2.45, 2.75) is 187 Å². The van der Waals surface area contributed by atoms with Crippen molar-refractivity contribution in [2.75, 3.05) is 47.5 Å². The molecular weight excluding hydrogens is 610 g/mol. The summed E-state index contributed by atoms with van der Waals surface area (Å²) in [6.07, 6.45) is 26.0. The van der Waals surface area contributed by atoms with E-state index in [-0.39, 0.29) is 32.2 Å². The second kappa shape index (κ2) is 32.5. The first kappa shape index (κ1) is 46.3. The fourth-order valence-corrected chi connectivity index (χ4v) is 5.48. The molecule has 284 valence electrons. The van der Waals surface area contributed by atoms with E-state index < -0.39 is 24.3 Å². The summed E-state index contributed by atoms with van der Waals surface area (Å²) >= 11 is 0. The minimum atomic E-state index is -1.50.